The Hall–Kier alpha value is -2.10. The van der Waals surface area contributed by atoms with Gasteiger partial charge in [-0.1, -0.05) is 36.4 Å². The predicted octanol–water partition coefficient (Wildman–Crippen LogP) is 1.89. The maximum Gasteiger partial charge on any atom is 0.309 e. The number of rotatable bonds is 5. The first-order chi connectivity index (χ1) is 8.13. The second-order valence-corrected chi connectivity index (χ2v) is 3.45. The van der Waals surface area contributed by atoms with E-state index in [1.54, 1.807) is 24.3 Å². The van der Waals surface area contributed by atoms with E-state index in [1.807, 2.05) is 12.1 Å². The van der Waals surface area contributed by atoms with E-state index in [0.29, 0.717) is 0 Å². The highest BCUT2D eigenvalue weighted by atomic mass is 16.5. The Morgan fingerprint density at radius 3 is 2.71 bits per heavy atom. The fraction of sp³-hybridized carbons (Fsp3) is 0.231. The van der Waals surface area contributed by atoms with Gasteiger partial charge in [0.2, 0.25) is 0 Å². The van der Waals surface area contributed by atoms with Gasteiger partial charge in [0.1, 0.15) is 0 Å². The van der Waals surface area contributed by atoms with Gasteiger partial charge in [-0.3, -0.25) is 9.59 Å². The molecule has 0 aliphatic rings. The Morgan fingerprint density at radius 2 is 2.06 bits per heavy atom. The maximum absolute atomic E-state index is 10.9. The van der Waals surface area contributed by atoms with E-state index in [2.05, 4.69) is 4.74 Å². The molecule has 4 nitrogen and oxygen atoms in total. The van der Waals surface area contributed by atoms with E-state index < -0.39 is 5.97 Å². The third-order valence-electron chi connectivity index (χ3n) is 2.21. The van der Waals surface area contributed by atoms with Crippen molar-refractivity contribution in [3.8, 4) is 0 Å². The van der Waals surface area contributed by atoms with Gasteiger partial charge in [-0.2, -0.15) is 0 Å². The minimum atomic E-state index is -0.876. The van der Waals surface area contributed by atoms with Crippen molar-refractivity contribution in [2.45, 2.75) is 12.8 Å². The first kappa shape index (κ1) is 13.0. The third-order valence-corrected chi connectivity index (χ3v) is 2.21. The molecule has 0 saturated carbocycles. The molecule has 0 spiro atoms. The van der Waals surface area contributed by atoms with Crippen LogP contribution in [0.3, 0.4) is 0 Å². The van der Waals surface area contributed by atoms with Gasteiger partial charge in [-0.15, -0.1) is 0 Å². The molecule has 0 saturated heterocycles. The monoisotopic (exact) mass is 234 g/mol. The molecule has 0 bridgehead atoms. The molecule has 1 N–H and O–H groups in total. The van der Waals surface area contributed by atoms with E-state index in [4.69, 9.17) is 5.11 Å². The van der Waals surface area contributed by atoms with Crippen LogP contribution in [-0.2, 0) is 20.7 Å². The third kappa shape index (κ3) is 4.51. The van der Waals surface area contributed by atoms with Gasteiger partial charge in [0, 0.05) is 0 Å². The highest BCUT2D eigenvalue weighted by Gasteiger charge is 2.03. The SMILES string of the molecule is COC(=O)CC=Cc1ccccc1CC(=O)O. The molecule has 0 amide bonds. The summed E-state index contributed by atoms with van der Waals surface area (Å²) < 4.78 is 4.50. The Morgan fingerprint density at radius 1 is 1.35 bits per heavy atom. The number of ether oxygens (including phenoxy) is 1. The summed E-state index contributed by atoms with van der Waals surface area (Å²) in [5, 5.41) is 8.74. The van der Waals surface area contributed by atoms with Crippen LogP contribution >= 0.6 is 0 Å². The molecule has 17 heavy (non-hydrogen) atoms. The summed E-state index contributed by atoms with van der Waals surface area (Å²) in [5.41, 5.74) is 1.53. The normalized spacial score (nSPS) is 10.4. The smallest absolute Gasteiger partial charge is 0.309 e. The van der Waals surface area contributed by atoms with E-state index in [-0.39, 0.29) is 18.8 Å². The molecule has 0 aromatic heterocycles. The molecule has 0 aliphatic heterocycles. The van der Waals surface area contributed by atoms with Crippen LogP contribution in [0.4, 0.5) is 0 Å². The summed E-state index contributed by atoms with van der Waals surface area (Å²) in [6.45, 7) is 0. The molecule has 1 aromatic carbocycles. The average Bonchev–Trinajstić information content (AvgIpc) is 2.30. The molecule has 0 aliphatic carbocycles. The fourth-order valence-corrected chi connectivity index (χ4v) is 1.39. The molecule has 90 valence electrons. The van der Waals surface area contributed by atoms with Crippen molar-refractivity contribution in [3.05, 3.63) is 41.5 Å². The zero-order valence-corrected chi connectivity index (χ0v) is 9.55. The zero-order chi connectivity index (χ0) is 12.7. The van der Waals surface area contributed by atoms with Crippen molar-refractivity contribution in [1.29, 1.82) is 0 Å². The minimum absolute atomic E-state index is 0.0290. The molecule has 0 heterocycles. The number of carbonyl (C=O) groups is 2. The lowest BCUT2D eigenvalue weighted by molar-refractivity contribution is -0.139. The lowest BCUT2D eigenvalue weighted by atomic mass is 10.0. The topological polar surface area (TPSA) is 63.6 Å². The van der Waals surface area contributed by atoms with Crippen molar-refractivity contribution in [2.24, 2.45) is 0 Å². The van der Waals surface area contributed by atoms with Gasteiger partial charge < -0.3 is 9.84 Å². The van der Waals surface area contributed by atoms with Crippen LogP contribution in [0, 0.1) is 0 Å². The molecule has 1 rings (SSSR count). The molecule has 4 heteroatoms. The molecule has 0 atom stereocenters. The van der Waals surface area contributed by atoms with Gasteiger partial charge in [0.25, 0.3) is 0 Å². The predicted molar refractivity (Wildman–Crippen MR) is 63.4 cm³/mol. The number of hydrogen-bond donors (Lipinski definition) is 1. The van der Waals surface area contributed by atoms with Crippen molar-refractivity contribution in [2.75, 3.05) is 7.11 Å². The van der Waals surface area contributed by atoms with E-state index in [1.165, 1.54) is 7.11 Å². The number of carboxylic acid groups (broad SMARTS) is 1. The van der Waals surface area contributed by atoms with E-state index in [9.17, 15) is 9.59 Å². The fourth-order valence-electron chi connectivity index (χ4n) is 1.39. The van der Waals surface area contributed by atoms with Crippen LogP contribution in [0.25, 0.3) is 6.08 Å². The highest BCUT2D eigenvalue weighted by molar-refractivity contribution is 5.74. The van der Waals surface area contributed by atoms with Crippen molar-refractivity contribution in [1.82, 2.24) is 0 Å². The number of carbonyl (C=O) groups excluding carboxylic acids is 1. The molecular formula is C13H14O4. The molecule has 0 unspecified atom stereocenters. The first-order valence-electron chi connectivity index (χ1n) is 5.16. The second-order valence-electron chi connectivity index (χ2n) is 3.45. The van der Waals surface area contributed by atoms with Gasteiger partial charge in [0.05, 0.1) is 20.0 Å². The minimum Gasteiger partial charge on any atom is -0.481 e. The number of methoxy groups -OCH3 is 1. The number of esters is 1. The van der Waals surface area contributed by atoms with E-state index >= 15 is 0 Å². The molecule has 0 fully saturated rings. The Labute approximate surface area is 99.5 Å². The van der Waals surface area contributed by atoms with Gasteiger partial charge >= 0.3 is 11.9 Å². The summed E-state index contributed by atoms with van der Waals surface area (Å²) >= 11 is 0. The number of aliphatic carboxylic acids is 1. The van der Waals surface area contributed by atoms with Crippen LogP contribution in [0.5, 0.6) is 0 Å². The largest absolute Gasteiger partial charge is 0.481 e. The van der Waals surface area contributed by atoms with Crippen LogP contribution in [-0.4, -0.2) is 24.2 Å². The summed E-state index contributed by atoms with van der Waals surface area (Å²) in [6, 6.07) is 7.18. The van der Waals surface area contributed by atoms with Gasteiger partial charge in [-0.05, 0) is 11.1 Å². The summed E-state index contributed by atoms with van der Waals surface area (Å²) in [7, 11) is 1.33. The lowest BCUT2D eigenvalue weighted by Gasteiger charge is -2.02. The maximum atomic E-state index is 10.9. The molecular weight excluding hydrogens is 220 g/mol. The van der Waals surface area contributed by atoms with Gasteiger partial charge in [-0.25, -0.2) is 0 Å². The zero-order valence-electron chi connectivity index (χ0n) is 9.55. The van der Waals surface area contributed by atoms with Crippen LogP contribution in [0.15, 0.2) is 30.3 Å². The van der Waals surface area contributed by atoms with Gasteiger partial charge in [0.15, 0.2) is 0 Å². The van der Waals surface area contributed by atoms with Crippen LogP contribution < -0.4 is 0 Å². The molecule has 0 radical (unpaired) electrons. The van der Waals surface area contributed by atoms with Crippen molar-refractivity contribution in [3.63, 3.8) is 0 Å². The summed E-state index contributed by atoms with van der Waals surface area (Å²) in [4.78, 5) is 21.5. The number of hydrogen-bond acceptors (Lipinski definition) is 3. The Balaban J connectivity index is 2.76. The summed E-state index contributed by atoms with van der Waals surface area (Å²) in [6.07, 6.45) is 3.54. The Bertz CT molecular complexity index is 435. The Kier molecular flexibility index (Phi) is 4.94. The highest BCUT2D eigenvalue weighted by Crippen LogP contribution is 2.12. The standard InChI is InChI=1S/C13H14O4/c1-17-13(16)8-4-7-10-5-2-3-6-11(10)9-12(14)15/h2-7H,8-9H2,1H3,(H,14,15). The number of carboxylic acids is 1. The first-order valence-corrected chi connectivity index (χ1v) is 5.16. The van der Waals surface area contributed by atoms with E-state index in [0.717, 1.165) is 11.1 Å². The van der Waals surface area contributed by atoms with Crippen molar-refractivity contribution >= 4 is 18.0 Å². The summed E-state index contributed by atoms with van der Waals surface area (Å²) in [5.74, 6) is -1.20. The van der Waals surface area contributed by atoms with Crippen LogP contribution in [0.1, 0.15) is 17.5 Å². The molecule has 1 aromatic rings. The van der Waals surface area contributed by atoms with Crippen LogP contribution in [0.2, 0.25) is 0 Å². The average molecular weight is 234 g/mol. The second kappa shape index (κ2) is 6.48. The quantitative estimate of drug-likeness (QED) is 0.790. The van der Waals surface area contributed by atoms with Crippen molar-refractivity contribution < 1.29 is 19.4 Å². The lowest BCUT2D eigenvalue weighted by Crippen LogP contribution is -2.01. The number of benzene rings is 1.